The molecule has 0 aliphatic rings. The monoisotopic (exact) mass is 388 g/mol. The van der Waals surface area contributed by atoms with Crippen molar-refractivity contribution in [3.05, 3.63) is 77.9 Å². The number of sulfone groups is 1. The van der Waals surface area contributed by atoms with E-state index < -0.39 is 9.84 Å². The Balaban J connectivity index is 1.87. The molecule has 0 spiro atoms. The zero-order valence-electron chi connectivity index (χ0n) is 12.7. The zero-order chi connectivity index (χ0) is 16.4. The van der Waals surface area contributed by atoms with E-state index in [2.05, 4.69) is 15.9 Å². The smallest absolute Gasteiger partial charge is 0.179 e. The van der Waals surface area contributed by atoms with Crippen LogP contribution in [0.4, 0.5) is 0 Å². The first-order valence-electron chi connectivity index (χ1n) is 7.38. The lowest BCUT2D eigenvalue weighted by Gasteiger charge is -2.12. The summed E-state index contributed by atoms with van der Waals surface area (Å²) in [6.07, 6.45) is 0. The maximum absolute atomic E-state index is 12.6. The van der Waals surface area contributed by atoms with E-state index in [4.69, 9.17) is 0 Å². The standard InChI is InChI=1S/C19H17BrO2S/c1-14-6-10-18(11-7-14)23(21,22)13-19(20)17-9-8-15-4-2-3-5-16(15)12-17/h2-12,19H,13H2,1H3. The summed E-state index contributed by atoms with van der Waals surface area (Å²) in [7, 11) is -3.32. The van der Waals surface area contributed by atoms with Crippen LogP contribution in [0.2, 0.25) is 0 Å². The maximum Gasteiger partial charge on any atom is 0.179 e. The second-order valence-corrected chi connectivity index (χ2v) is 8.81. The number of hydrogen-bond donors (Lipinski definition) is 0. The zero-order valence-corrected chi connectivity index (χ0v) is 15.1. The average molecular weight is 389 g/mol. The molecular formula is C19H17BrO2S. The SMILES string of the molecule is Cc1ccc(S(=O)(=O)CC(Br)c2ccc3ccccc3c2)cc1. The third kappa shape index (κ3) is 3.65. The van der Waals surface area contributed by atoms with E-state index in [9.17, 15) is 8.42 Å². The second kappa shape index (κ2) is 6.46. The summed E-state index contributed by atoms with van der Waals surface area (Å²) < 4.78 is 25.1. The number of rotatable bonds is 4. The Morgan fingerprint density at radius 1 is 0.913 bits per heavy atom. The third-order valence-corrected chi connectivity index (χ3v) is 6.92. The molecular weight excluding hydrogens is 372 g/mol. The van der Waals surface area contributed by atoms with Crippen LogP contribution in [-0.4, -0.2) is 14.2 Å². The lowest BCUT2D eigenvalue weighted by atomic mass is 10.1. The van der Waals surface area contributed by atoms with Gasteiger partial charge in [0, 0.05) is 0 Å². The fraction of sp³-hybridized carbons (Fsp3) is 0.158. The van der Waals surface area contributed by atoms with Crippen LogP contribution in [-0.2, 0) is 9.84 Å². The van der Waals surface area contributed by atoms with Gasteiger partial charge in [-0.1, -0.05) is 70.0 Å². The average Bonchev–Trinajstić information content (AvgIpc) is 2.54. The third-order valence-electron chi connectivity index (χ3n) is 3.88. The number of alkyl halides is 1. The van der Waals surface area contributed by atoms with Crippen LogP contribution in [0, 0.1) is 6.92 Å². The van der Waals surface area contributed by atoms with Crippen molar-refractivity contribution >= 4 is 36.5 Å². The number of halogens is 1. The highest BCUT2D eigenvalue weighted by Crippen LogP contribution is 2.29. The molecule has 0 aliphatic heterocycles. The molecule has 0 amide bonds. The van der Waals surface area contributed by atoms with Gasteiger partial charge in [-0.05, 0) is 41.5 Å². The van der Waals surface area contributed by atoms with Crippen molar-refractivity contribution in [3.8, 4) is 0 Å². The van der Waals surface area contributed by atoms with Gasteiger partial charge in [0.1, 0.15) is 0 Å². The van der Waals surface area contributed by atoms with E-state index in [0.717, 1.165) is 21.9 Å². The van der Waals surface area contributed by atoms with Gasteiger partial charge in [0.05, 0.1) is 15.5 Å². The minimum Gasteiger partial charge on any atom is -0.224 e. The van der Waals surface area contributed by atoms with Gasteiger partial charge in [0.2, 0.25) is 0 Å². The van der Waals surface area contributed by atoms with Gasteiger partial charge in [-0.15, -0.1) is 0 Å². The van der Waals surface area contributed by atoms with Crippen molar-refractivity contribution in [3.63, 3.8) is 0 Å². The molecule has 1 atom stereocenters. The minimum absolute atomic E-state index is 0.0361. The molecule has 4 heteroatoms. The maximum atomic E-state index is 12.6. The number of aryl methyl sites for hydroxylation is 1. The molecule has 3 rings (SSSR count). The minimum atomic E-state index is -3.32. The van der Waals surface area contributed by atoms with Crippen LogP contribution in [0.3, 0.4) is 0 Å². The Hall–Kier alpha value is -1.65. The molecule has 0 fully saturated rings. The largest absolute Gasteiger partial charge is 0.224 e. The first-order valence-corrected chi connectivity index (χ1v) is 9.95. The van der Waals surface area contributed by atoms with Gasteiger partial charge in [-0.3, -0.25) is 0 Å². The van der Waals surface area contributed by atoms with Crippen LogP contribution < -0.4 is 0 Å². The lowest BCUT2D eigenvalue weighted by Crippen LogP contribution is -2.11. The van der Waals surface area contributed by atoms with Crippen LogP contribution in [0.15, 0.2) is 71.6 Å². The molecule has 2 nitrogen and oxygen atoms in total. The van der Waals surface area contributed by atoms with Crippen molar-refractivity contribution < 1.29 is 8.42 Å². The number of benzene rings is 3. The Morgan fingerprint density at radius 3 is 2.26 bits per heavy atom. The fourth-order valence-corrected chi connectivity index (χ4v) is 5.18. The first kappa shape index (κ1) is 16.2. The fourth-order valence-electron chi connectivity index (χ4n) is 2.53. The van der Waals surface area contributed by atoms with Crippen LogP contribution in [0.1, 0.15) is 16.0 Å². The molecule has 3 aromatic rings. The van der Waals surface area contributed by atoms with E-state index >= 15 is 0 Å². The highest BCUT2D eigenvalue weighted by atomic mass is 79.9. The summed E-state index contributed by atoms with van der Waals surface area (Å²) >= 11 is 3.54. The molecule has 0 aliphatic carbocycles. The summed E-state index contributed by atoms with van der Waals surface area (Å²) in [5.41, 5.74) is 2.02. The Bertz CT molecular complexity index is 931. The molecule has 1 unspecified atom stereocenters. The molecule has 3 aromatic carbocycles. The Labute approximate surface area is 145 Å². The molecule has 0 N–H and O–H groups in total. The van der Waals surface area contributed by atoms with Gasteiger partial charge in [0.15, 0.2) is 9.84 Å². The number of fused-ring (bicyclic) bond motifs is 1. The van der Waals surface area contributed by atoms with Crippen LogP contribution in [0.25, 0.3) is 10.8 Å². The summed E-state index contributed by atoms with van der Waals surface area (Å²) in [5.74, 6) is 0.0361. The van der Waals surface area contributed by atoms with E-state index in [1.165, 1.54) is 0 Å². The van der Waals surface area contributed by atoms with Crippen molar-refractivity contribution in [1.82, 2.24) is 0 Å². The molecule has 0 bridgehead atoms. The molecule has 0 saturated carbocycles. The first-order chi connectivity index (χ1) is 11.0. The quantitative estimate of drug-likeness (QED) is 0.585. The van der Waals surface area contributed by atoms with Crippen molar-refractivity contribution in [1.29, 1.82) is 0 Å². The predicted molar refractivity (Wildman–Crippen MR) is 98.8 cm³/mol. The van der Waals surface area contributed by atoms with Crippen molar-refractivity contribution in [2.75, 3.05) is 5.75 Å². The van der Waals surface area contributed by atoms with Gasteiger partial charge in [-0.2, -0.15) is 0 Å². The Morgan fingerprint density at radius 2 is 1.57 bits per heavy atom. The van der Waals surface area contributed by atoms with E-state index in [1.54, 1.807) is 12.1 Å². The number of hydrogen-bond acceptors (Lipinski definition) is 2. The summed E-state index contributed by atoms with van der Waals surface area (Å²) in [6.45, 7) is 1.94. The van der Waals surface area contributed by atoms with Crippen molar-refractivity contribution in [2.24, 2.45) is 0 Å². The molecule has 0 saturated heterocycles. The molecule has 0 radical (unpaired) electrons. The topological polar surface area (TPSA) is 34.1 Å². The highest BCUT2D eigenvalue weighted by Gasteiger charge is 2.20. The summed E-state index contributed by atoms with van der Waals surface area (Å²) in [4.78, 5) is 0.131. The van der Waals surface area contributed by atoms with E-state index in [0.29, 0.717) is 4.90 Å². The van der Waals surface area contributed by atoms with Gasteiger partial charge in [-0.25, -0.2) is 8.42 Å². The van der Waals surface area contributed by atoms with Crippen LogP contribution >= 0.6 is 15.9 Å². The van der Waals surface area contributed by atoms with Crippen LogP contribution in [0.5, 0.6) is 0 Å². The molecule has 23 heavy (non-hydrogen) atoms. The predicted octanol–water partition coefficient (Wildman–Crippen LogP) is 5.06. The second-order valence-electron chi connectivity index (χ2n) is 5.67. The highest BCUT2D eigenvalue weighted by molar-refractivity contribution is 9.09. The molecule has 0 heterocycles. The van der Waals surface area contributed by atoms with Gasteiger partial charge in [0.25, 0.3) is 0 Å². The summed E-state index contributed by atoms with van der Waals surface area (Å²) in [5, 5.41) is 2.26. The van der Waals surface area contributed by atoms with E-state index in [1.807, 2.05) is 61.5 Å². The molecule has 0 aromatic heterocycles. The van der Waals surface area contributed by atoms with E-state index in [-0.39, 0.29) is 10.6 Å². The lowest BCUT2D eigenvalue weighted by molar-refractivity contribution is 0.595. The van der Waals surface area contributed by atoms with Gasteiger partial charge < -0.3 is 0 Å². The normalized spacial score (nSPS) is 13.1. The summed E-state index contributed by atoms with van der Waals surface area (Å²) in [6, 6.07) is 21.1. The van der Waals surface area contributed by atoms with Gasteiger partial charge >= 0.3 is 0 Å². The molecule has 118 valence electrons. The van der Waals surface area contributed by atoms with Crippen molar-refractivity contribution in [2.45, 2.75) is 16.6 Å². The Kier molecular flexibility index (Phi) is 4.55.